The number of carbonyl (C=O) groups is 1. The fourth-order valence-electron chi connectivity index (χ4n) is 4.70. The van der Waals surface area contributed by atoms with Crippen molar-refractivity contribution in [3.05, 3.63) is 28.3 Å². The average molecular weight is 407 g/mol. The number of likely N-dealkylation sites (tertiary alicyclic amines) is 1. The summed E-state index contributed by atoms with van der Waals surface area (Å²) in [7, 11) is -3.54. The number of rotatable bonds is 3. The summed E-state index contributed by atoms with van der Waals surface area (Å²) in [6.45, 7) is 11.5. The van der Waals surface area contributed by atoms with E-state index >= 15 is 0 Å². The highest BCUT2D eigenvalue weighted by molar-refractivity contribution is 7.89. The molecule has 1 unspecified atom stereocenters. The van der Waals surface area contributed by atoms with Crippen LogP contribution in [0.4, 0.5) is 0 Å². The van der Waals surface area contributed by atoms with Gasteiger partial charge in [0.25, 0.3) is 0 Å². The molecule has 2 saturated heterocycles. The summed E-state index contributed by atoms with van der Waals surface area (Å²) in [5.41, 5.74) is 3.68. The highest BCUT2D eigenvalue weighted by Gasteiger charge is 2.36. The normalized spacial score (nSPS) is 22.5. The third kappa shape index (κ3) is 3.86. The van der Waals surface area contributed by atoms with E-state index in [0.29, 0.717) is 36.9 Å². The zero-order chi connectivity index (χ0) is 20.6. The van der Waals surface area contributed by atoms with Crippen molar-refractivity contribution in [2.24, 2.45) is 5.92 Å². The van der Waals surface area contributed by atoms with Crippen molar-refractivity contribution in [2.75, 3.05) is 19.6 Å². The second-order valence-electron chi connectivity index (χ2n) is 8.64. The van der Waals surface area contributed by atoms with E-state index in [1.54, 1.807) is 4.31 Å². The molecule has 2 heterocycles. The molecule has 5 nitrogen and oxygen atoms in total. The fourth-order valence-corrected chi connectivity index (χ4v) is 6.75. The number of sulfonamides is 1. The van der Waals surface area contributed by atoms with Crippen LogP contribution in [0.1, 0.15) is 61.3 Å². The second-order valence-corrected chi connectivity index (χ2v) is 10.5. The number of nitrogens with zero attached hydrogens (tertiary/aromatic N) is 2. The molecule has 1 amide bonds. The highest BCUT2D eigenvalue weighted by atomic mass is 32.2. The molecule has 0 spiro atoms. The fraction of sp³-hybridized carbons (Fsp3) is 0.682. The van der Waals surface area contributed by atoms with Crippen LogP contribution >= 0.6 is 0 Å². The van der Waals surface area contributed by atoms with Gasteiger partial charge in [0, 0.05) is 31.6 Å². The van der Waals surface area contributed by atoms with Gasteiger partial charge in [-0.3, -0.25) is 4.79 Å². The molecule has 2 aliphatic heterocycles. The van der Waals surface area contributed by atoms with Crippen LogP contribution < -0.4 is 0 Å². The van der Waals surface area contributed by atoms with Crippen LogP contribution in [0.2, 0.25) is 0 Å². The Hall–Kier alpha value is -1.40. The zero-order valence-corrected chi connectivity index (χ0v) is 18.7. The standard InChI is InChI=1S/C22H34N2O3S/c1-15-14-16(2)19(5)21(18(15)4)28(26,27)23-12-9-20(10-13-23)22(25)24-11-7-6-8-17(24)3/h14,17,20H,6-13H2,1-5H3. The third-order valence-corrected chi connectivity index (χ3v) is 8.96. The van der Waals surface area contributed by atoms with Gasteiger partial charge in [0.2, 0.25) is 15.9 Å². The number of amides is 1. The molecular formula is C22H34N2O3S. The van der Waals surface area contributed by atoms with E-state index in [0.717, 1.165) is 41.6 Å². The van der Waals surface area contributed by atoms with Crippen molar-refractivity contribution in [3.63, 3.8) is 0 Å². The van der Waals surface area contributed by atoms with Crippen LogP contribution in [0.25, 0.3) is 0 Å². The van der Waals surface area contributed by atoms with Crippen LogP contribution in [-0.4, -0.2) is 49.2 Å². The van der Waals surface area contributed by atoms with E-state index < -0.39 is 10.0 Å². The number of carbonyl (C=O) groups excluding carboxylic acids is 1. The summed E-state index contributed by atoms with van der Waals surface area (Å²) in [6, 6.07) is 2.36. The Morgan fingerprint density at radius 3 is 2.04 bits per heavy atom. The van der Waals surface area contributed by atoms with Crippen LogP contribution in [0.15, 0.2) is 11.0 Å². The molecule has 0 aromatic heterocycles. The maximum absolute atomic E-state index is 13.4. The molecule has 0 N–H and O–H groups in total. The molecule has 2 aliphatic rings. The van der Waals surface area contributed by atoms with Crippen molar-refractivity contribution in [2.45, 2.75) is 77.7 Å². The molecule has 6 heteroatoms. The minimum atomic E-state index is -3.54. The molecule has 1 aromatic carbocycles. The van der Waals surface area contributed by atoms with Gasteiger partial charge in [0.1, 0.15) is 0 Å². The minimum Gasteiger partial charge on any atom is -0.340 e. The second kappa shape index (κ2) is 8.15. The predicted molar refractivity (Wildman–Crippen MR) is 112 cm³/mol. The van der Waals surface area contributed by atoms with Gasteiger partial charge in [0.15, 0.2) is 0 Å². The number of benzene rings is 1. The first-order valence-corrected chi connectivity index (χ1v) is 12.0. The first-order valence-electron chi connectivity index (χ1n) is 10.5. The van der Waals surface area contributed by atoms with Crippen molar-refractivity contribution in [1.29, 1.82) is 0 Å². The maximum Gasteiger partial charge on any atom is 0.243 e. The molecule has 0 radical (unpaired) electrons. The SMILES string of the molecule is Cc1cc(C)c(C)c(S(=O)(=O)N2CCC(C(=O)N3CCCCC3C)CC2)c1C. The first kappa shape index (κ1) is 21.3. The molecule has 0 aliphatic carbocycles. The topological polar surface area (TPSA) is 57.7 Å². The maximum atomic E-state index is 13.4. The van der Waals surface area contributed by atoms with Crippen LogP contribution in [0.5, 0.6) is 0 Å². The van der Waals surface area contributed by atoms with Gasteiger partial charge in [-0.2, -0.15) is 4.31 Å². The van der Waals surface area contributed by atoms with Crippen LogP contribution in [0, 0.1) is 33.6 Å². The van der Waals surface area contributed by atoms with E-state index in [1.807, 2.05) is 38.7 Å². The van der Waals surface area contributed by atoms with E-state index in [1.165, 1.54) is 6.42 Å². The Labute approximate surface area is 170 Å². The molecule has 156 valence electrons. The van der Waals surface area contributed by atoms with Gasteiger partial charge in [-0.25, -0.2) is 8.42 Å². The van der Waals surface area contributed by atoms with Gasteiger partial charge in [-0.15, -0.1) is 0 Å². The lowest BCUT2D eigenvalue weighted by Crippen LogP contribution is -2.48. The Kier molecular flexibility index (Phi) is 6.20. The lowest BCUT2D eigenvalue weighted by Gasteiger charge is -2.38. The molecule has 1 aromatic rings. The molecule has 0 bridgehead atoms. The zero-order valence-electron chi connectivity index (χ0n) is 17.9. The van der Waals surface area contributed by atoms with Gasteiger partial charge in [0.05, 0.1) is 4.90 Å². The number of aryl methyl sites for hydroxylation is 2. The average Bonchev–Trinajstić information content (AvgIpc) is 2.66. The molecule has 0 saturated carbocycles. The van der Waals surface area contributed by atoms with E-state index in [-0.39, 0.29) is 11.8 Å². The first-order chi connectivity index (χ1) is 13.1. The highest BCUT2D eigenvalue weighted by Crippen LogP contribution is 2.32. The summed E-state index contributed by atoms with van der Waals surface area (Å²) in [5, 5.41) is 0. The Balaban J connectivity index is 1.75. The van der Waals surface area contributed by atoms with Crippen molar-refractivity contribution >= 4 is 15.9 Å². The number of hydrogen-bond donors (Lipinski definition) is 0. The lowest BCUT2D eigenvalue weighted by atomic mass is 9.94. The van der Waals surface area contributed by atoms with Gasteiger partial charge >= 0.3 is 0 Å². The molecular weight excluding hydrogens is 372 g/mol. The van der Waals surface area contributed by atoms with Gasteiger partial charge < -0.3 is 4.90 Å². The van der Waals surface area contributed by atoms with E-state index in [2.05, 4.69) is 6.92 Å². The molecule has 28 heavy (non-hydrogen) atoms. The van der Waals surface area contributed by atoms with E-state index in [4.69, 9.17) is 0 Å². The monoisotopic (exact) mass is 406 g/mol. The smallest absolute Gasteiger partial charge is 0.243 e. The lowest BCUT2D eigenvalue weighted by molar-refractivity contribution is -0.140. The van der Waals surface area contributed by atoms with Crippen molar-refractivity contribution in [3.8, 4) is 0 Å². The van der Waals surface area contributed by atoms with Crippen molar-refractivity contribution < 1.29 is 13.2 Å². The van der Waals surface area contributed by atoms with Gasteiger partial charge in [-0.05, 0) is 89.0 Å². The van der Waals surface area contributed by atoms with E-state index in [9.17, 15) is 13.2 Å². The summed E-state index contributed by atoms with van der Waals surface area (Å²) >= 11 is 0. The molecule has 3 rings (SSSR count). The summed E-state index contributed by atoms with van der Waals surface area (Å²) in [5.74, 6) is 0.177. The number of hydrogen-bond acceptors (Lipinski definition) is 3. The summed E-state index contributed by atoms with van der Waals surface area (Å²) in [4.78, 5) is 15.4. The van der Waals surface area contributed by atoms with Crippen LogP contribution in [0.3, 0.4) is 0 Å². The van der Waals surface area contributed by atoms with Gasteiger partial charge in [-0.1, -0.05) is 6.07 Å². The van der Waals surface area contributed by atoms with Crippen molar-refractivity contribution in [1.82, 2.24) is 9.21 Å². The van der Waals surface area contributed by atoms with Crippen LogP contribution in [-0.2, 0) is 14.8 Å². The summed E-state index contributed by atoms with van der Waals surface area (Å²) in [6.07, 6.45) is 4.57. The Bertz CT molecular complexity index is 829. The summed E-state index contributed by atoms with van der Waals surface area (Å²) < 4.78 is 28.4. The quantitative estimate of drug-likeness (QED) is 0.769. The predicted octanol–water partition coefficient (Wildman–Crippen LogP) is 3.72. The molecule has 1 atom stereocenters. The number of piperidine rings is 2. The Morgan fingerprint density at radius 2 is 1.50 bits per heavy atom. The Morgan fingerprint density at radius 1 is 0.929 bits per heavy atom. The third-order valence-electron chi connectivity index (χ3n) is 6.78. The largest absolute Gasteiger partial charge is 0.340 e. The molecule has 2 fully saturated rings. The minimum absolute atomic E-state index is 0.0477.